The fourth-order valence-corrected chi connectivity index (χ4v) is 3.40. The monoisotopic (exact) mass is 320 g/mol. The fraction of sp³-hybridized carbons (Fsp3) is 0.375. The van der Waals surface area contributed by atoms with Gasteiger partial charge in [-0.05, 0) is 52.3 Å². The zero-order valence-corrected chi connectivity index (χ0v) is 14.2. The fourth-order valence-electron chi connectivity index (χ4n) is 2.29. The molecule has 0 aliphatic carbocycles. The van der Waals surface area contributed by atoms with E-state index in [0.717, 1.165) is 20.5 Å². The smallest absolute Gasteiger partial charge is 0.412 e. The minimum atomic E-state index is -0.569. The molecule has 3 N–H and O–H groups in total. The van der Waals surface area contributed by atoms with Gasteiger partial charge in [0.25, 0.3) is 0 Å². The van der Waals surface area contributed by atoms with Crippen molar-refractivity contribution in [2.45, 2.75) is 40.2 Å². The van der Waals surface area contributed by atoms with Crippen LogP contribution in [0.5, 0.6) is 0 Å². The van der Waals surface area contributed by atoms with Crippen LogP contribution in [0.15, 0.2) is 12.1 Å². The van der Waals surface area contributed by atoms with Crippen LogP contribution in [0.1, 0.15) is 41.6 Å². The lowest BCUT2D eigenvalue weighted by Crippen LogP contribution is -2.27. The average molecular weight is 320 g/mol. The molecule has 0 aliphatic rings. The molecule has 0 unspecified atom stereocenters. The predicted molar refractivity (Wildman–Crippen MR) is 89.7 cm³/mol. The van der Waals surface area contributed by atoms with Gasteiger partial charge in [-0.2, -0.15) is 0 Å². The first kappa shape index (κ1) is 16.3. The Kier molecular flexibility index (Phi) is 4.15. The van der Waals surface area contributed by atoms with Gasteiger partial charge in [-0.3, -0.25) is 10.1 Å². The van der Waals surface area contributed by atoms with Crippen molar-refractivity contribution < 1.29 is 14.3 Å². The molecule has 0 radical (unpaired) electrons. The standard InChI is InChI=1S/C16H20N2O3S/c1-8-6-10(18-15(20)21-16(3,4)5)7-11-12(14(17)19)9(2)22-13(8)11/h6-7H,1-5H3,(H2,17,19)(H,18,20). The number of aryl methyl sites for hydroxylation is 2. The third-order valence-electron chi connectivity index (χ3n) is 3.04. The van der Waals surface area contributed by atoms with Gasteiger partial charge in [-0.15, -0.1) is 11.3 Å². The van der Waals surface area contributed by atoms with Crippen LogP contribution in [-0.4, -0.2) is 17.6 Å². The highest BCUT2D eigenvalue weighted by molar-refractivity contribution is 7.19. The summed E-state index contributed by atoms with van der Waals surface area (Å²) in [5.41, 5.74) is 6.97. The number of carbonyl (C=O) groups is 2. The number of nitrogens with one attached hydrogen (secondary N) is 1. The van der Waals surface area contributed by atoms with Crippen LogP contribution < -0.4 is 11.1 Å². The Balaban J connectivity index is 2.42. The second kappa shape index (κ2) is 5.61. The summed E-state index contributed by atoms with van der Waals surface area (Å²) in [7, 11) is 0. The highest BCUT2D eigenvalue weighted by Crippen LogP contribution is 2.35. The largest absolute Gasteiger partial charge is 0.444 e. The Bertz CT molecular complexity index is 757. The molecule has 1 heterocycles. The second-order valence-electron chi connectivity index (χ2n) is 6.19. The molecule has 2 rings (SSSR count). The van der Waals surface area contributed by atoms with E-state index in [1.807, 2.05) is 19.9 Å². The minimum Gasteiger partial charge on any atom is -0.444 e. The van der Waals surface area contributed by atoms with Crippen molar-refractivity contribution in [3.63, 3.8) is 0 Å². The number of primary amides is 1. The molecule has 0 aliphatic heterocycles. The highest BCUT2D eigenvalue weighted by Gasteiger charge is 2.19. The molecule has 5 nitrogen and oxygen atoms in total. The Morgan fingerprint density at radius 1 is 1.23 bits per heavy atom. The van der Waals surface area contributed by atoms with E-state index in [2.05, 4.69) is 5.32 Å². The second-order valence-corrected chi connectivity index (χ2v) is 7.42. The van der Waals surface area contributed by atoms with E-state index in [1.165, 1.54) is 11.3 Å². The molecule has 1 aromatic carbocycles. The molecule has 0 saturated heterocycles. The molecule has 1 aromatic heterocycles. The Morgan fingerprint density at radius 2 is 1.86 bits per heavy atom. The summed E-state index contributed by atoms with van der Waals surface area (Å²) < 4.78 is 6.24. The third-order valence-corrected chi connectivity index (χ3v) is 4.30. The molecule has 2 aromatic rings. The number of anilines is 1. The molecule has 6 heteroatoms. The number of benzene rings is 1. The van der Waals surface area contributed by atoms with Crippen molar-refractivity contribution in [3.8, 4) is 0 Å². The van der Waals surface area contributed by atoms with Crippen LogP contribution >= 0.6 is 11.3 Å². The summed E-state index contributed by atoms with van der Waals surface area (Å²) in [5, 5.41) is 3.46. The van der Waals surface area contributed by atoms with Crippen LogP contribution in [0.4, 0.5) is 10.5 Å². The molecule has 0 spiro atoms. The van der Waals surface area contributed by atoms with Crippen LogP contribution in [0.2, 0.25) is 0 Å². The average Bonchev–Trinajstić information content (AvgIpc) is 2.63. The molecule has 2 amide bonds. The number of amides is 2. The summed E-state index contributed by atoms with van der Waals surface area (Å²) in [6.07, 6.45) is -0.529. The number of hydrogen-bond acceptors (Lipinski definition) is 4. The van der Waals surface area contributed by atoms with Crippen molar-refractivity contribution in [1.82, 2.24) is 0 Å². The number of ether oxygens (including phenoxy) is 1. The van der Waals surface area contributed by atoms with Crippen molar-refractivity contribution in [1.29, 1.82) is 0 Å². The molecule has 118 valence electrons. The number of nitrogens with two attached hydrogens (primary N) is 1. The lowest BCUT2D eigenvalue weighted by atomic mass is 10.1. The van der Waals surface area contributed by atoms with E-state index in [4.69, 9.17) is 10.5 Å². The molecule has 0 saturated carbocycles. The van der Waals surface area contributed by atoms with Crippen molar-refractivity contribution in [2.24, 2.45) is 5.73 Å². The molecule has 22 heavy (non-hydrogen) atoms. The number of thiophene rings is 1. The van der Waals surface area contributed by atoms with Crippen LogP contribution in [-0.2, 0) is 4.74 Å². The summed E-state index contributed by atoms with van der Waals surface area (Å²) in [4.78, 5) is 24.4. The molecular formula is C16H20N2O3S. The third kappa shape index (κ3) is 3.39. The van der Waals surface area contributed by atoms with Crippen molar-refractivity contribution in [2.75, 3.05) is 5.32 Å². The minimum absolute atomic E-state index is 0.461. The number of carbonyl (C=O) groups excluding carboxylic acids is 2. The molecule has 0 atom stereocenters. The van der Waals surface area contributed by atoms with Crippen LogP contribution in [0, 0.1) is 13.8 Å². The van der Waals surface area contributed by atoms with Gasteiger partial charge in [0.1, 0.15) is 5.60 Å². The molecular weight excluding hydrogens is 300 g/mol. The zero-order chi connectivity index (χ0) is 16.7. The van der Waals surface area contributed by atoms with Gasteiger partial charge in [0.15, 0.2) is 0 Å². The predicted octanol–water partition coefficient (Wildman–Crippen LogP) is 3.96. The summed E-state index contributed by atoms with van der Waals surface area (Å²) >= 11 is 1.53. The maximum absolute atomic E-state index is 11.9. The topological polar surface area (TPSA) is 81.4 Å². The van der Waals surface area contributed by atoms with E-state index in [1.54, 1.807) is 26.8 Å². The lowest BCUT2D eigenvalue weighted by Gasteiger charge is -2.19. The summed E-state index contributed by atoms with van der Waals surface area (Å²) in [6, 6.07) is 3.61. The number of hydrogen-bond donors (Lipinski definition) is 2. The SMILES string of the molecule is Cc1sc2c(C)cc(NC(=O)OC(C)(C)C)cc2c1C(N)=O. The molecule has 0 fully saturated rings. The van der Waals surface area contributed by atoms with Gasteiger partial charge in [0.05, 0.1) is 5.56 Å². The highest BCUT2D eigenvalue weighted by atomic mass is 32.1. The Hall–Kier alpha value is -2.08. The Morgan fingerprint density at radius 3 is 2.41 bits per heavy atom. The quantitative estimate of drug-likeness (QED) is 0.878. The van der Waals surface area contributed by atoms with Gasteiger partial charge in [-0.25, -0.2) is 4.79 Å². The first-order chi connectivity index (χ1) is 10.1. The number of rotatable bonds is 2. The normalized spacial score (nSPS) is 11.5. The first-order valence-electron chi connectivity index (χ1n) is 6.92. The van der Waals surface area contributed by atoms with Crippen LogP contribution in [0.3, 0.4) is 0 Å². The van der Waals surface area contributed by atoms with Gasteiger partial charge in [-0.1, -0.05) is 0 Å². The Labute approximate surface area is 133 Å². The molecule has 0 bridgehead atoms. The lowest BCUT2D eigenvalue weighted by molar-refractivity contribution is 0.0636. The van der Waals surface area contributed by atoms with E-state index < -0.39 is 17.6 Å². The van der Waals surface area contributed by atoms with E-state index in [-0.39, 0.29) is 0 Å². The van der Waals surface area contributed by atoms with Gasteiger partial charge in [0.2, 0.25) is 5.91 Å². The first-order valence-corrected chi connectivity index (χ1v) is 7.73. The van der Waals surface area contributed by atoms with Gasteiger partial charge >= 0.3 is 6.09 Å². The van der Waals surface area contributed by atoms with Gasteiger partial charge in [0, 0.05) is 20.7 Å². The van der Waals surface area contributed by atoms with E-state index >= 15 is 0 Å². The maximum atomic E-state index is 11.9. The summed E-state index contributed by atoms with van der Waals surface area (Å²) in [6.45, 7) is 9.20. The van der Waals surface area contributed by atoms with Crippen molar-refractivity contribution in [3.05, 3.63) is 28.1 Å². The van der Waals surface area contributed by atoms with Crippen molar-refractivity contribution >= 4 is 39.1 Å². The number of fused-ring (bicyclic) bond motifs is 1. The van der Waals surface area contributed by atoms with Gasteiger partial charge < -0.3 is 10.5 Å². The van der Waals surface area contributed by atoms with Crippen LogP contribution in [0.25, 0.3) is 10.1 Å². The van der Waals surface area contributed by atoms with E-state index in [0.29, 0.717) is 11.3 Å². The maximum Gasteiger partial charge on any atom is 0.412 e. The summed E-state index contributed by atoms with van der Waals surface area (Å²) in [5.74, 6) is -0.461. The van der Waals surface area contributed by atoms with E-state index in [9.17, 15) is 9.59 Å². The zero-order valence-electron chi connectivity index (χ0n) is 13.4.